The molecule has 0 aromatic carbocycles. The molecular weight excluding hydrogens is 447 g/mol. The van der Waals surface area contributed by atoms with Crippen LogP contribution in [-0.4, -0.2) is 39.8 Å². The van der Waals surface area contributed by atoms with Crippen LogP contribution in [0.5, 0.6) is 0 Å². The Morgan fingerprint density at radius 3 is 1.09 bits per heavy atom. The average Bonchev–Trinajstić information content (AvgIpc) is 2.73. The van der Waals surface area contributed by atoms with Gasteiger partial charge in [0.25, 0.3) is 0 Å². The first-order valence-electron chi connectivity index (χ1n) is 12.7. The maximum Gasteiger partial charge on any atom is 0.466 e. The van der Waals surface area contributed by atoms with Gasteiger partial charge in [0.2, 0.25) is 0 Å². The lowest BCUT2D eigenvalue weighted by atomic mass is 10.1. The van der Waals surface area contributed by atoms with E-state index in [9.17, 15) is 9.59 Å². The minimum Gasteiger partial charge on any atom is -0.466 e. The Morgan fingerprint density at radius 1 is 0.545 bits per heavy atom. The van der Waals surface area contributed by atoms with Crippen molar-refractivity contribution in [2.24, 2.45) is 0 Å². The fourth-order valence-corrected chi connectivity index (χ4v) is 2.55. The second-order valence-electron chi connectivity index (χ2n) is 7.99. The second kappa shape index (κ2) is 29.1. The van der Waals surface area contributed by atoms with Gasteiger partial charge in [-0.15, -0.1) is 0 Å². The molecule has 0 rings (SSSR count). The first-order valence-corrected chi connectivity index (χ1v) is 14.3. The summed E-state index contributed by atoms with van der Waals surface area (Å²) in [6.45, 7) is 9.78. The molecular formula is C24H51O8P. The first-order chi connectivity index (χ1) is 15.6. The van der Waals surface area contributed by atoms with Crippen molar-refractivity contribution in [2.75, 3.05) is 13.2 Å². The molecule has 0 aliphatic carbocycles. The molecule has 0 heterocycles. The lowest BCUT2D eigenvalue weighted by Crippen LogP contribution is -2.05. The van der Waals surface area contributed by atoms with Gasteiger partial charge in [-0.1, -0.05) is 91.9 Å². The van der Waals surface area contributed by atoms with E-state index in [0.29, 0.717) is 26.1 Å². The van der Waals surface area contributed by atoms with E-state index >= 15 is 0 Å². The molecule has 0 radical (unpaired) electrons. The molecule has 33 heavy (non-hydrogen) atoms. The molecule has 0 spiro atoms. The van der Waals surface area contributed by atoms with Gasteiger partial charge in [-0.05, 0) is 25.7 Å². The van der Waals surface area contributed by atoms with Crippen LogP contribution in [0.2, 0.25) is 0 Å². The molecule has 0 amide bonds. The number of esters is 2. The number of carbonyl (C=O) groups is 2. The van der Waals surface area contributed by atoms with E-state index in [1.165, 1.54) is 38.5 Å². The highest BCUT2D eigenvalue weighted by Crippen LogP contribution is 2.25. The topological polar surface area (TPSA) is 130 Å². The predicted molar refractivity (Wildman–Crippen MR) is 133 cm³/mol. The summed E-state index contributed by atoms with van der Waals surface area (Å²) in [5, 5.41) is 0. The third-order valence-electron chi connectivity index (χ3n) is 4.49. The highest BCUT2D eigenvalue weighted by atomic mass is 31.2. The number of phosphoric acid groups is 1. The van der Waals surface area contributed by atoms with Gasteiger partial charge in [0.05, 0.1) is 13.2 Å². The van der Waals surface area contributed by atoms with Crippen molar-refractivity contribution in [3.63, 3.8) is 0 Å². The Kier molecular flexibility index (Phi) is 32.3. The molecule has 200 valence electrons. The molecule has 0 aromatic rings. The summed E-state index contributed by atoms with van der Waals surface area (Å²) in [5.74, 6) is -0.0371. The van der Waals surface area contributed by atoms with Crippen molar-refractivity contribution in [1.29, 1.82) is 0 Å². The third kappa shape index (κ3) is 49.3. The van der Waals surface area contributed by atoms with Crippen LogP contribution in [0.1, 0.15) is 130 Å². The van der Waals surface area contributed by atoms with Crippen LogP contribution < -0.4 is 0 Å². The highest BCUT2D eigenvalue weighted by Gasteiger charge is 2.02. The number of ether oxygens (including phenoxy) is 2. The number of carbonyl (C=O) groups excluding carboxylic acids is 2. The number of rotatable bonds is 18. The quantitative estimate of drug-likeness (QED) is 0.112. The minimum atomic E-state index is -4.64. The maximum atomic E-state index is 11.1. The molecule has 3 N–H and O–H groups in total. The van der Waals surface area contributed by atoms with Crippen molar-refractivity contribution in [3.8, 4) is 0 Å². The van der Waals surface area contributed by atoms with Crippen LogP contribution in [-0.2, 0) is 23.6 Å². The van der Waals surface area contributed by atoms with Gasteiger partial charge in [-0.2, -0.15) is 0 Å². The number of unbranched alkanes of at least 4 members (excludes halogenated alkanes) is 10. The zero-order valence-electron chi connectivity index (χ0n) is 21.6. The van der Waals surface area contributed by atoms with Crippen molar-refractivity contribution < 1.29 is 38.3 Å². The lowest BCUT2D eigenvalue weighted by molar-refractivity contribution is -0.144. The van der Waals surface area contributed by atoms with Crippen LogP contribution in [0.25, 0.3) is 0 Å². The summed E-state index contributed by atoms with van der Waals surface area (Å²) < 4.78 is 19.0. The molecule has 0 aliphatic rings. The van der Waals surface area contributed by atoms with Crippen LogP contribution in [0, 0.1) is 0 Å². The van der Waals surface area contributed by atoms with Gasteiger partial charge in [-0.3, -0.25) is 9.59 Å². The Balaban J connectivity index is -0.000000453. The van der Waals surface area contributed by atoms with E-state index in [-0.39, 0.29) is 11.9 Å². The molecule has 0 aliphatic heterocycles. The maximum absolute atomic E-state index is 11.1. The van der Waals surface area contributed by atoms with Gasteiger partial charge < -0.3 is 24.2 Å². The summed E-state index contributed by atoms with van der Waals surface area (Å²) in [7, 11) is -4.64. The van der Waals surface area contributed by atoms with Crippen molar-refractivity contribution in [1.82, 2.24) is 0 Å². The summed E-state index contributed by atoms with van der Waals surface area (Å²) in [4.78, 5) is 43.8. The van der Waals surface area contributed by atoms with E-state index in [1.807, 2.05) is 0 Å². The van der Waals surface area contributed by atoms with E-state index in [1.54, 1.807) is 0 Å². The summed E-state index contributed by atoms with van der Waals surface area (Å²) >= 11 is 0. The standard InChI is InChI=1S/2C12H24O2.H3O4P/c2*1-3-5-7-8-9-10-12(13)14-11-6-4-2;1-5(2,3)4/h2*3-11H2,1-2H3;(H3,1,2,3,4). The Morgan fingerprint density at radius 2 is 0.818 bits per heavy atom. The zero-order valence-corrected chi connectivity index (χ0v) is 22.5. The average molecular weight is 499 g/mol. The van der Waals surface area contributed by atoms with Gasteiger partial charge >= 0.3 is 19.8 Å². The van der Waals surface area contributed by atoms with E-state index in [4.69, 9.17) is 28.7 Å². The molecule has 0 aromatic heterocycles. The Hall–Kier alpha value is -0.950. The fourth-order valence-electron chi connectivity index (χ4n) is 2.55. The number of hydrogen-bond donors (Lipinski definition) is 3. The van der Waals surface area contributed by atoms with Crippen LogP contribution in [0.3, 0.4) is 0 Å². The molecule has 0 unspecified atom stereocenters. The zero-order chi connectivity index (χ0) is 25.8. The molecule has 0 atom stereocenters. The van der Waals surface area contributed by atoms with Crippen molar-refractivity contribution >= 4 is 19.8 Å². The Labute approximate surface area is 202 Å². The van der Waals surface area contributed by atoms with Gasteiger partial charge in [0.15, 0.2) is 0 Å². The molecule has 9 heteroatoms. The molecule has 0 saturated carbocycles. The van der Waals surface area contributed by atoms with Gasteiger partial charge in [0, 0.05) is 12.8 Å². The molecule has 8 nitrogen and oxygen atoms in total. The van der Waals surface area contributed by atoms with E-state index in [2.05, 4.69) is 27.7 Å². The summed E-state index contributed by atoms with van der Waals surface area (Å²) in [6, 6.07) is 0. The van der Waals surface area contributed by atoms with E-state index in [0.717, 1.165) is 51.4 Å². The predicted octanol–water partition coefficient (Wildman–Crippen LogP) is 6.45. The van der Waals surface area contributed by atoms with Crippen LogP contribution in [0.4, 0.5) is 0 Å². The Bertz CT molecular complexity index is 425. The van der Waals surface area contributed by atoms with Crippen molar-refractivity contribution in [2.45, 2.75) is 130 Å². The summed E-state index contributed by atoms with van der Waals surface area (Å²) in [6.07, 6.45) is 17.2. The third-order valence-corrected chi connectivity index (χ3v) is 4.49. The minimum absolute atomic E-state index is 0.0186. The lowest BCUT2D eigenvalue weighted by Gasteiger charge is -2.03. The SMILES string of the molecule is CCCCCCCC(=O)OCCCC.CCCCCCCC(=O)OCCCC.O=P(O)(O)O. The highest BCUT2D eigenvalue weighted by molar-refractivity contribution is 7.45. The molecule has 0 fully saturated rings. The van der Waals surface area contributed by atoms with Crippen molar-refractivity contribution in [3.05, 3.63) is 0 Å². The normalized spacial score (nSPS) is 10.4. The van der Waals surface area contributed by atoms with Gasteiger partial charge in [-0.25, -0.2) is 4.57 Å². The van der Waals surface area contributed by atoms with Crippen LogP contribution in [0.15, 0.2) is 0 Å². The monoisotopic (exact) mass is 498 g/mol. The summed E-state index contributed by atoms with van der Waals surface area (Å²) in [5.41, 5.74) is 0. The fraction of sp³-hybridized carbons (Fsp3) is 0.917. The largest absolute Gasteiger partial charge is 0.466 e. The van der Waals surface area contributed by atoms with Gasteiger partial charge in [0.1, 0.15) is 0 Å². The smallest absolute Gasteiger partial charge is 0.466 e. The molecule has 0 saturated heterocycles. The van der Waals surface area contributed by atoms with Crippen LogP contribution >= 0.6 is 7.82 Å². The first kappa shape index (κ1) is 36.6. The molecule has 0 bridgehead atoms. The van der Waals surface area contributed by atoms with E-state index < -0.39 is 7.82 Å². The number of hydrogen-bond acceptors (Lipinski definition) is 5. The second-order valence-corrected chi connectivity index (χ2v) is 9.02.